The number of methoxy groups -OCH3 is 2. The van der Waals surface area contributed by atoms with Crippen LogP contribution in [0.2, 0.25) is 0 Å². The van der Waals surface area contributed by atoms with Gasteiger partial charge in [-0.2, -0.15) is 0 Å². The maximum atomic E-state index is 12.5. The fourth-order valence-corrected chi connectivity index (χ4v) is 10.8. The van der Waals surface area contributed by atoms with Crippen molar-refractivity contribution in [3.05, 3.63) is 0 Å². The molecule has 1 heterocycles. The van der Waals surface area contributed by atoms with Gasteiger partial charge in [0.05, 0.1) is 30.5 Å². The molecule has 13 atom stereocenters. The van der Waals surface area contributed by atoms with Crippen molar-refractivity contribution in [2.75, 3.05) is 33.9 Å². The maximum Gasteiger partial charge on any atom is 0.302 e. The molecule has 0 amide bonds. The highest BCUT2D eigenvalue weighted by molar-refractivity contribution is 5.66. The number of esters is 1. The Bertz CT molecular complexity index is 840. The fraction of sp³-hybridized carbons (Fsp3) is 0.960. The summed E-state index contributed by atoms with van der Waals surface area (Å²) in [6.07, 6.45) is 0.608. The number of carbonyl (C=O) groups is 1. The van der Waals surface area contributed by atoms with Gasteiger partial charge in [0.25, 0.3) is 0 Å². The highest BCUT2D eigenvalue weighted by Crippen LogP contribution is 2.78. The highest BCUT2D eigenvalue weighted by Gasteiger charge is 2.86. The summed E-state index contributed by atoms with van der Waals surface area (Å²) in [6.45, 7) is 5.69. The topological polar surface area (TPSA) is 109 Å². The molecule has 0 aromatic carbocycles. The van der Waals surface area contributed by atoms with E-state index in [9.17, 15) is 20.1 Å². The lowest BCUT2D eigenvalue weighted by atomic mass is 9.43. The van der Waals surface area contributed by atoms with Crippen LogP contribution >= 0.6 is 0 Å². The molecular formula is C25H39NO7. The zero-order chi connectivity index (χ0) is 23.5. The van der Waals surface area contributed by atoms with Gasteiger partial charge in [-0.05, 0) is 31.7 Å². The predicted octanol–water partition coefficient (Wildman–Crippen LogP) is 0.419. The minimum Gasteiger partial charge on any atom is -0.462 e. The van der Waals surface area contributed by atoms with E-state index in [1.54, 1.807) is 14.2 Å². The number of aliphatic hydroxyl groups excluding tert-OH is 2. The van der Waals surface area contributed by atoms with Gasteiger partial charge in [-0.15, -0.1) is 0 Å². The largest absolute Gasteiger partial charge is 0.462 e. The third-order valence-corrected chi connectivity index (χ3v) is 11.1. The molecule has 0 radical (unpaired) electrons. The van der Waals surface area contributed by atoms with E-state index in [1.807, 2.05) is 0 Å². The van der Waals surface area contributed by atoms with Crippen molar-refractivity contribution in [1.29, 1.82) is 0 Å². The Morgan fingerprint density at radius 1 is 1.21 bits per heavy atom. The van der Waals surface area contributed by atoms with Crippen LogP contribution in [0.4, 0.5) is 0 Å². The van der Waals surface area contributed by atoms with Crippen LogP contribution in [0.3, 0.4) is 0 Å². The Balaban J connectivity index is 1.59. The smallest absolute Gasteiger partial charge is 0.302 e. The Hall–Kier alpha value is -0.770. The molecule has 8 heteroatoms. The van der Waals surface area contributed by atoms with E-state index >= 15 is 0 Å². The first-order valence-corrected chi connectivity index (χ1v) is 12.7. The van der Waals surface area contributed by atoms with Crippen LogP contribution in [0.25, 0.3) is 0 Å². The van der Waals surface area contributed by atoms with E-state index in [4.69, 9.17) is 14.2 Å². The lowest BCUT2D eigenvalue weighted by Gasteiger charge is -2.68. The molecule has 6 aliphatic rings. The number of hydrogen-bond donors (Lipinski definition) is 3. The van der Waals surface area contributed by atoms with Crippen LogP contribution in [0, 0.1) is 40.4 Å². The molecule has 3 N–H and O–H groups in total. The minimum absolute atomic E-state index is 0.0122. The molecular weight excluding hydrogens is 426 g/mol. The van der Waals surface area contributed by atoms with Gasteiger partial charge in [0.15, 0.2) is 0 Å². The van der Waals surface area contributed by atoms with E-state index in [0.717, 1.165) is 25.9 Å². The van der Waals surface area contributed by atoms with E-state index in [1.165, 1.54) is 6.92 Å². The summed E-state index contributed by atoms with van der Waals surface area (Å²) in [5.74, 6) is -1.30. The molecule has 33 heavy (non-hydrogen) atoms. The zero-order valence-corrected chi connectivity index (χ0v) is 20.1. The van der Waals surface area contributed by atoms with Crippen molar-refractivity contribution in [2.24, 2.45) is 40.4 Å². The van der Waals surface area contributed by atoms with Gasteiger partial charge in [-0.1, -0.05) is 6.92 Å². The van der Waals surface area contributed by atoms with Crippen molar-refractivity contribution in [2.45, 2.75) is 75.6 Å². The summed E-state index contributed by atoms with van der Waals surface area (Å²) >= 11 is 0. The summed E-state index contributed by atoms with van der Waals surface area (Å²) < 4.78 is 17.5. The second kappa shape index (κ2) is 7.14. The number of hydrogen-bond acceptors (Lipinski definition) is 8. The average Bonchev–Trinajstić information content (AvgIpc) is 3.18. The van der Waals surface area contributed by atoms with Crippen molar-refractivity contribution < 1.29 is 34.3 Å². The van der Waals surface area contributed by atoms with E-state index in [-0.39, 0.29) is 47.2 Å². The van der Waals surface area contributed by atoms with Crippen LogP contribution in [0.5, 0.6) is 0 Å². The second-order valence-corrected chi connectivity index (χ2v) is 11.9. The van der Waals surface area contributed by atoms with Crippen LogP contribution < -0.4 is 0 Å². The van der Waals surface area contributed by atoms with Gasteiger partial charge in [0, 0.05) is 74.7 Å². The van der Waals surface area contributed by atoms with Crippen molar-refractivity contribution >= 4 is 5.97 Å². The number of aliphatic hydroxyl groups is 3. The molecule has 1 saturated heterocycles. The summed E-state index contributed by atoms with van der Waals surface area (Å²) in [6, 6.07) is -0.110. The monoisotopic (exact) mass is 465 g/mol. The third-order valence-electron chi connectivity index (χ3n) is 11.1. The SMILES string of the molecule is CCN1C[C@]2(COC)CC[C@H](O)[C@]34C1[C@H]([C@H](O)[C@H]23)[C@@]1(O)C[C@H](OC)[C@H]2C[C@@H]4[C@@H]1[C@H]2OC(C)=O. The standard InChI is InChI=1S/C25H39NO7/c1-5-26-10-23(11-31-3)7-6-16(28)25-14-8-13-15(32-4)9-24(30,17(14)20(13)33-12(2)27)18(22(25)26)19(29)21(23)25/h13-22,28-30H,5-11H2,1-4H3/t13-,14-,15+,16+,17-,18+,19+,20+,21-,22?,23+,24-,25+/m1/s1. The normalized spacial score (nSPS) is 58.4. The quantitative estimate of drug-likeness (QED) is 0.502. The first-order chi connectivity index (χ1) is 15.7. The summed E-state index contributed by atoms with van der Waals surface area (Å²) in [7, 11) is 3.38. The van der Waals surface area contributed by atoms with Gasteiger partial charge in [0.1, 0.15) is 6.10 Å². The van der Waals surface area contributed by atoms with Gasteiger partial charge in [-0.25, -0.2) is 0 Å². The zero-order valence-electron chi connectivity index (χ0n) is 20.1. The Kier molecular flexibility index (Phi) is 4.91. The number of likely N-dealkylation sites (tertiary alicyclic amines) is 1. The number of ether oxygens (including phenoxy) is 3. The van der Waals surface area contributed by atoms with Crippen molar-refractivity contribution in [3.8, 4) is 0 Å². The summed E-state index contributed by atoms with van der Waals surface area (Å²) in [5, 5.41) is 36.4. The molecule has 0 aromatic rings. The number of piperidine rings is 1. The minimum atomic E-state index is -1.22. The molecule has 1 spiro atoms. The van der Waals surface area contributed by atoms with E-state index in [2.05, 4.69) is 11.8 Å². The number of nitrogens with zero attached hydrogens (tertiary/aromatic N) is 1. The van der Waals surface area contributed by atoms with E-state index in [0.29, 0.717) is 19.4 Å². The van der Waals surface area contributed by atoms with Gasteiger partial charge < -0.3 is 29.5 Å². The molecule has 1 aliphatic heterocycles. The first kappa shape index (κ1) is 22.7. The molecule has 8 nitrogen and oxygen atoms in total. The maximum absolute atomic E-state index is 12.5. The van der Waals surface area contributed by atoms with Gasteiger partial charge >= 0.3 is 5.97 Å². The summed E-state index contributed by atoms with van der Waals surface area (Å²) in [5.41, 5.74) is -2.04. The van der Waals surface area contributed by atoms with E-state index < -0.39 is 35.2 Å². The van der Waals surface area contributed by atoms with Crippen molar-refractivity contribution in [3.63, 3.8) is 0 Å². The number of carbonyl (C=O) groups excluding carboxylic acids is 1. The number of rotatable bonds is 5. The lowest BCUT2D eigenvalue weighted by Crippen LogP contribution is -2.76. The average molecular weight is 466 g/mol. The fourth-order valence-electron chi connectivity index (χ4n) is 10.8. The van der Waals surface area contributed by atoms with Crippen LogP contribution in [0.15, 0.2) is 0 Å². The molecule has 6 fully saturated rings. The molecule has 7 bridgehead atoms. The van der Waals surface area contributed by atoms with Gasteiger partial charge in [-0.3, -0.25) is 9.69 Å². The van der Waals surface area contributed by atoms with Crippen LogP contribution in [0.1, 0.15) is 39.5 Å². The Labute approximate surface area is 195 Å². The summed E-state index contributed by atoms with van der Waals surface area (Å²) in [4.78, 5) is 14.6. The molecule has 5 saturated carbocycles. The molecule has 0 aromatic heterocycles. The highest BCUT2D eigenvalue weighted by atomic mass is 16.5. The molecule has 1 unspecified atom stereocenters. The lowest BCUT2D eigenvalue weighted by molar-refractivity contribution is -0.274. The molecule has 6 rings (SSSR count). The second-order valence-electron chi connectivity index (χ2n) is 11.9. The molecule has 186 valence electrons. The third kappa shape index (κ3) is 2.41. The molecule has 5 aliphatic carbocycles. The predicted molar refractivity (Wildman–Crippen MR) is 117 cm³/mol. The number of fused-ring (bicyclic) bond motifs is 2. The Morgan fingerprint density at radius 3 is 2.61 bits per heavy atom. The van der Waals surface area contributed by atoms with Gasteiger partial charge in [0.2, 0.25) is 0 Å². The van der Waals surface area contributed by atoms with Crippen LogP contribution in [-0.4, -0.2) is 96.2 Å². The Morgan fingerprint density at radius 2 is 1.97 bits per heavy atom. The van der Waals surface area contributed by atoms with Crippen LogP contribution in [-0.2, 0) is 19.0 Å². The first-order valence-electron chi connectivity index (χ1n) is 12.7. The van der Waals surface area contributed by atoms with Crippen molar-refractivity contribution in [1.82, 2.24) is 4.90 Å².